The van der Waals surface area contributed by atoms with Gasteiger partial charge in [0, 0.05) is 28.6 Å². The maximum absolute atomic E-state index is 14.0. The molecule has 0 aromatic heterocycles. The zero-order valence-electron chi connectivity index (χ0n) is 18.0. The predicted molar refractivity (Wildman–Crippen MR) is 132 cm³/mol. The fourth-order valence-corrected chi connectivity index (χ4v) is 6.04. The van der Waals surface area contributed by atoms with E-state index in [1.807, 2.05) is 48.5 Å². The molecular formula is C25H22ClN3O3S. The van der Waals surface area contributed by atoms with Gasteiger partial charge in [0.25, 0.3) is 5.91 Å². The number of thioether (sulfide) groups is 1. The number of hydrogen-bond acceptors (Lipinski definition) is 4. The molecule has 33 heavy (non-hydrogen) atoms. The Morgan fingerprint density at radius 3 is 2.58 bits per heavy atom. The molecule has 3 amide bonds. The van der Waals surface area contributed by atoms with E-state index in [2.05, 4.69) is 5.32 Å². The van der Waals surface area contributed by atoms with Gasteiger partial charge in [-0.1, -0.05) is 48.0 Å². The number of amides is 3. The van der Waals surface area contributed by atoms with Crippen LogP contribution in [0, 0.1) is 0 Å². The number of carbonyl (C=O) groups is 2. The van der Waals surface area contributed by atoms with Crippen LogP contribution in [0.15, 0.2) is 72.8 Å². The first kappa shape index (κ1) is 21.7. The van der Waals surface area contributed by atoms with E-state index in [9.17, 15) is 9.59 Å². The van der Waals surface area contributed by atoms with E-state index >= 15 is 0 Å². The van der Waals surface area contributed by atoms with Crippen LogP contribution >= 0.6 is 23.4 Å². The van der Waals surface area contributed by atoms with Crippen molar-refractivity contribution in [1.82, 2.24) is 4.90 Å². The quantitative estimate of drug-likeness (QED) is 0.549. The van der Waals surface area contributed by atoms with Crippen LogP contribution in [0.25, 0.3) is 0 Å². The highest BCUT2D eigenvalue weighted by Crippen LogP contribution is 2.54. The first-order chi connectivity index (χ1) is 16.0. The Morgan fingerprint density at radius 1 is 1.09 bits per heavy atom. The Bertz CT molecular complexity index is 1220. The molecule has 1 N–H and O–H groups in total. The number of carbonyl (C=O) groups excluding carboxylic acids is 2. The number of para-hydroxylation sites is 1. The standard InChI is InChI=1S/C25H22ClN3O3S/c1-32-19-12-10-18(11-13-19)27-24(31)29-14-15-33-25(29)20-7-3-5-9-22(20)28(23(25)30)16-17-6-2-4-8-21(17)26/h2-13H,14-16H2,1H3,(H,27,31). The number of fused-ring (bicyclic) bond motifs is 2. The van der Waals surface area contributed by atoms with Crippen LogP contribution in [0.5, 0.6) is 5.75 Å². The summed E-state index contributed by atoms with van der Waals surface area (Å²) in [5.74, 6) is 1.24. The Kier molecular flexibility index (Phi) is 5.68. The number of halogens is 1. The van der Waals surface area contributed by atoms with Crippen LogP contribution in [-0.4, -0.2) is 36.2 Å². The molecule has 6 nitrogen and oxygen atoms in total. The average Bonchev–Trinajstić information content (AvgIpc) is 3.38. The maximum atomic E-state index is 14.0. The minimum atomic E-state index is -1.10. The summed E-state index contributed by atoms with van der Waals surface area (Å²) in [6, 6.07) is 22.0. The van der Waals surface area contributed by atoms with Crippen molar-refractivity contribution in [2.45, 2.75) is 11.4 Å². The number of nitrogens with one attached hydrogen (secondary N) is 1. The topological polar surface area (TPSA) is 61.9 Å². The molecule has 0 bridgehead atoms. The van der Waals surface area contributed by atoms with Gasteiger partial charge in [-0.15, -0.1) is 11.8 Å². The van der Waals surface area contributed by atoms with Crippen LogP contribution in [0.2, 0.25) is 5.02 Å². The minimum absolute atomic E-state index is 0.129. The second-order valence-electron chi connectivity index (χ2n) is 7.80. The van der Waals surface area contributed by atoms with Crippen molar-refractivity contribution in [2.24, 2.45) is 0 Å². The highest BCUT2D eigenvalue weighted by Gasteiger charge is 2.59. The first-order valence-corrected chi connectivity index (χ1v) is 11.9. The summed E-state index contributed by atoms with van der Waals surface area (Å²) in [5, 5.41) is 3.55. The van der Waals surface area contributed by atoms with Gasteiger partial charge in [-0.25, -0.2) is 4.79 Å². The van der Waals surface area contributed by atoms with Gasteiger partial charge in [-0.3, -0.25) is 9.69 Å². The van der Waals surface area contributed by atoms with Crippen molar-refractivity contribution in [3.05, 3.63) is 88.9 Å². The van der Waals surface area contributed by atoms with Gasteiger partial charge in [0.1, 0.15) is 5.75 Å². The number of rotatable bonds is 4. The summed E-state index contributed by atoms with van der Waals surface area (Å²) in [5.41, 5.74) is 3.13. The number of benzene rings is 3. The lowest BCUT2D eigenvalue weighted by atomic mass is 10.1. The molecule has 1 atom stereocenters. The number of ether oxygens (including phenoxy) is 1. The molecule has 3 aromatic rings. The van der Waals surface area contributed by atoms with Gasteiger partial charge in [0.15, 0.2) is 4.87 Å². The molecule has 1 saturated heterocycles. The Hall–Kier alpha value is -3.16. The number of hydrogen-bond donors (Lipinski definition) is 1. The molecule has 3 aromatic carbocycles. The van der Waals surface area contributed by atoms with E-state index in [-0.39, 0.29) is 11.9 Å². The van der Waals surface area contributed by atoms with Crippen molar-refractivity contribution in [3.8, 4) is 5.75 Å². The fourth-order valence-electron chi connectivity index (χ4n) is 4.39. The fraction of sp³-hybridized carbons (Fsp3) is 0.200. The number of nitrogens with zero attached hydrogens (tertiary/aromatic N) is 2. The highest BCUT2D eigenvalue weighted by molar-refractivity contribution is 8.01. The molecule has 2 aliphatic rings. The van der Waals surface area contributed by atoms with Crippen LogP contribution in [0.4, 0.5) is 16.2 Å². The summed E-state index contributed by atoms with van der Waals surface area (Å²) >= 11 is 7.89. The zero-order valence-corrected chi connectivity index (χ0v) is 19.5. The van der Waals surface area contributed by atoms with E-state index in [0.717, 1.165) is 16.8 Å². The van der Waals surface area contributed by atoms with Crippen LogP contribution < -0.4 is 15.0 Å². The molecule has 2 heterocycles. The van der Waals surface area contributed by atoms with Gasteiger partial charge in [-0.2, -0.15) is 0 Å². The number of methoxy groups -OCH3 is 1. The Balaban J connectivity index is 1.48. The second kappa shape index (κ2) is 8.65. The van der Waals surface area contributed by atoms with Gasteiger partial charge < -0.3 is 15.0 Å². The normalized spacial score (nSPS) is 19.2. The summed E-state index contributed by atoms with van der Waals surface area (Å²) < 4.78 is 5.19. The monoisotopic (exact) mass is 479 g/mol. The molecule has 0 radical (unpaired) electrons. The highest BCUT2D eigenvalue weighted by atomic mass is 35.5. The van der Waals surface area contributed by atoms with E-state index in [4.69, 9.17) is 16.3 Å². The second-order valence-corrected chi connectivity index (χ2v) is 9.50. The smallest absolute Gasteiger partial charge is 0.323 e. The van der Waals surface area contributed by atoms with Crippen LogP contribution in [-0.2, 0) is 16.2 Å². The van der Waals surface area contributed by atoms with Gasteiger partial charge >= 0.3 is 6.03 Å². The van der Waals surface area contributed by atoms with Gasteiger partial charge in [0.05, 0.1) is 19.3 Å². The van der Waals surface area contributed by atoms with Crippen molar-refractivity contribution in [1.29, 1.82) is 0 Å². The van der Waals surface area contributed by atoms with Crippen LogP contribution in [0.1, 0.15) is 11.1 Å². The van der Waals surface area contributed by atoms with Crippen molar-refractivity contribution in [2.75, 3.05) is 29.6 Å². The predicted octanol–water partition coefficient (Wildman–Crippen LogP) is 5.33. The van der Waals surface area contributed by atoms with Gasteiger partial charge in [-0.05, 0) is 42.0 Å². The summed E-state index contributed by atoms with van der Waals surface area (Å²) in [7, 11) is 1.59. The molecule has 5 rings (SSSR count). The molecule has 1 unspecified atom stereocenters. The van der Waals surface area contributed by atoms with E-state index in [0.29, 0.717) is 35.3 Å². The minimum Gasteiger partial charge on any atom is -0.497 e. The van der Waals surface area contributed by atoms with Crippen LogP contribution in [0.3, 0.4) is 0 Å². The first-order valence-electron chi connectivity index (χ1n) is 10.6. The van der Waals surface area contributed by atoms with Crippen molar-refractivity contribution >= 4 is 46.7 Å². The lowest BCUT2D eigenvalue weighted by molar-refractivity contribution is -0.123. The summed E-state index contributed by atoms with van der Waals surface area (Å²) in [6.45, 7) is 0.804. The third-order valence-electron chi connectivity index (χ3n) is 5.97. The third kappa shape index (κ3) is 3.61. The van der Waals surface area contributed by atoms with E-state index < -0.39 is 4.87 Å². The van der Waals surface area contributed by atoms with E-state index in [1.54, 1.807) is 41.2 Å². The lowest BCUT2D eigenvalue weighted by Crippen LogP contribution is -2.51. The lowest BCUT2D eigenvalue weighted by Gasteiger charge is -2.33. The number of anilines is 2. The summed E-state index contributed by atoms with van der Waals surface area (Å²) in [4.78, 5) is 29.6. The largest absolute Gasteiger partial charge is 0.497 e. The zero-order chi connectivity index (χ0) is 23.0. The molecule has 2 aliphatic heterocycles. The SMILES string of the molecule is COc1ccc(NC(=O)N2CCSC23C(=O)N(Cc2ccccc2Cl)c2ccccc23)cc1. The molecule has 0 saturated carbocycles. The molecular weight excluding hydrogens is 458 g/mol. The Morgan fingerprint density at radius 2 is 1.82 bits per heavy atom. The average molecular weight is 480 g/mol. The molecule has 1 spiro atoms. The van der Waals surface area contributed by atoms with E-state index in [1.165, 1.54) is 11.8 Å². The van der Waals surface area contributed by atoms with Crippen molar-refractivity contribution in [3.63, 3.8) is 0 Å². The summed E-state index contributed by atoms with van der Waals surface area (Å²) in [6.07, 6.45) is 0. The Labute approximate surface area is 201 Å². The maximum Gasteiger partial charge on any atom is 0.323 e. The third-order valence-corrected chi connectivity index (χ3v) is 7.76. The molecule has 8 heteroatoms. The molecule has 168 valence electrons. The molecule has 0 aliphatic carbocycles. The molecule has 1 fully saturated rings. The number of urea groups is 1. The van der Waals surface area contributed by atoms with Gasteiger partial charge in [0.2, 0.25) is 0 Å². The van der Waals surface area contributed by atoms with Crippen molar-refractivity contribution < 1.29 is 14.3 Å².